The SMILES string of the molecule is CC(C)N(CCC(=O)O)C(=O)c1cc(=O)[nH]c2ccc([N+](=O)[O-])cc12. The number of non-ortho nitro benzene ring substituents is 1. The number of hydrogen-bond acceptors (Lipinski definition) is 5. The minimum absolute atomic E-state index is 0.00142. The van der Waals surface area contributed by atoms with Crippen LogP contribution in [0.3, 0.4) is 0 Å². The monoisotopic (exact) mass is 347 g/mol. The Morgan fingerprint density at radius 3 is 2.56 bits per heavy atom. The van der Waals surface area contributed by atoms with Gasteiger partial charge in [-0.1, -0.05) is 0 Å². The van der Waals surface area contributed by atoms with Crippen LogP contribution < -0.4 is 5.56 Å². The van der Waals surface area contributed by atoms with Gasteiger partial charge in [-0.3, -0.25) is 24.5 Å². The van der Waals surface area contributed by atoms with E-state index < -0.39 is 22.4 Å². The molecule has 0 spiro atoms. The zero-order valence-corrected chi connectivity index (χ0v) is 13.7. The molecule has 25 heavy (non-hydrogen) atoms. The van der Waals surface area contributed by atoms with Crippen molar-refractivity contribution in [3.05, 3.63) is 50.3 Å². The van der Waals surface area contributed by atoms with E-state index in [4.69, 9.17) is 5.11 Å². The third-order valence-electron chi connectivity index (χ3n) is 3.72. The van der Waals surface area contributed by atoms with E-state index in [1.807, 2.05) is 0 Å². The molecular formula is C16H17N3O6. The molecule has 1 aromatic heterocycles. The summed E-state index contributed by atoms with van der Waals surface area (Å²) < 4.78 is 0. The number of pyridine rings is 1. The van der Waals surface area contributed by atoms with Gasteiger partial charge in [-0.05, 0) is 19.9 Å². The lowest BCUT2D eigenvalue weighted by atomic mass is 10.1. The number of rotatable bonds is 6. The minimum atomic E-state index is -1.05. The Morgan fingerprint density at radius 1 is 1.32 bits per heavy atom. The molecule has 1 aromatic carbocycles. The van der Waals surface area contributed by atoms with Crippen LogP contribution in [0.4, 0.5) is 5.69 Å². The van der Waals surface area contributed by atoms with Crippen LogP contribution in [-0.2, 0) is 4.79 Å². The molecule has 0 saturated carbocycles. The van der Waals surface area contributed by atoms with Gasteiger partial charge in [-0.2, -0.15) is 0 Å². The number of nitrogens with one attached hydrogen (secondary N) is 1. The molecule has 0 aliphatic carbocycles. The van der Waals surface area contributed by atoms with Gasteiger partial charge in [-0.25, -0.2) is 0 Å². The van der Waals surface area contributed by atoms with Crippen molar-refractivity contribution in [3.63, 3.8) is 0 Å². The fourth-order valence-corrected chi connectivity index (χ4v) is 2.50. The molecule has 0 unspecified atom stereocenters. The van der Waals surface area contributed by atoms with Gasteiger partial charge in [0.2, 0.25) is 5.56 Å². The van der Waals surface area contributed by atoms with Crippen molar-refractivity contribution in [1.29, 1.82) is 0 Å². The van der Waals surface area contributed by atoms with Crippen molar-refractivity contribution in [2.75, 3.05) is 6.54 Å². The molecule has 0 atom stereocenters. The number of amides is 1. The highest BCUT2D eigenvalue weighted by molar-refractivity contribution is 6.06. The van der Waals surface area contributed by atoms with E-state index in [-0.39, 0.29) is 35.6 Å². The summed E-state index contributed by atoms with van der Waals surface area (Å²) in [4.78, 5) is 49.7. The molecule has 0 fully saturated rings. The van der Waals surface area contributed by atoms with Gasteiger partial charge in [0, 0.05) is 41.7 Å². The largest absolute Gasteiger partial charge is 0.481 e. The molecule has 0 radical (unpaired) electrons. The number of carbonyl (C=O) groups is 2. The van der Waals surface area contributed by atoms with Crippen LogP contribution in [0.15, 0.2) is 29.1 Å². The van der Waals surface area contributed by atoms with Gasteiger partial charge < -0.3 is 15.0 Å². The van der Waals surface area contributed by atoms with Crippen molar-refractivity contribution in [1.82, 2.24) is 9.88 Å². The predicted octanol–water partition coefficient (Wildman–Crippen LogP) is 1.76. The minimum Gasteiger partial charge on any atom is -0.481 e. The Hall–Kier alpha value is -3.23. The van der Waals surface area contributed by atoms with Crippen molar-refractivity contribution < 1.29 is 19.6 Å². The molecule has 1 amide bonds. The number of benzene rings is 1. The molecule has 0 saturated heterocycles. The number of carboxylic acids is 1. The summed E-state index contributed by atoms with van der Waals surface area (Å²) in [7, 11) is 0. The third-order valence-corrected chi connectivity index (χ3v) is 3.72. The Morgan fingerprint density at radius 2 is 2.00 bits per heavy atom. The maximum Gasteiger partial charge on any atom is 0.305 e. The van der Waals surface area contributed by atoms with Crippen molar-refractivity contribution >= 4 is 28.5 Å². The number of nitro groups is 1. The Bertz CT molecular complexity index is 902. The third kappa shape index (κ3) is 4.00. The number of carbonyl (C=O) groups excluding carboxylic acids is 1. The maximum absolute atomic E-state index is 12.9. The van der Waals surface area contributed by atoms with Gasteiger partial charge in [0.1, 0.15) is 0 Å². The molecule has 9 nitrogen and oxygen atoms in total. The van der Waals surface area contributed by atoms with Crippen molar-refractivity contribution in [2.24, 2.45) is 0 Å². The van der Waals surface area contributed by atoms with Crippen LogP contribution in [-0.4, -0.2) is 44.4 Å². The molecule has 2 aromatic rings. The lowest BCUT2D eigenvalue weighted by Crippen LogP contribution is -2.39. The van der Waals surface area contributed by atoms with Crippen LogP contribution >= 0.6 is 0 Å². The number of aromatic nitrogens is 1. The summed E-state index contributed by atoms with van der Waals surface area (Å²) in [6, 6.07) is 4.58. The van der Waals surface area contributed by atoms with E-state index in [9.17, 15) is 24.5 Å². The maximum atomic E-state index is 12.9. The second-order valence-corrected chi connectivity index (χ2v) is 5.77. The Labute approximate surface area is 142 Å². The lowest BCUT2D eigenvalue weighted by Gasteiger charge is -2.26. The van der Waals surface area contributed by atoms with E-state index in [0.29, 0.717) is 5.52 Å². The highest BCUT2D eigenvalue weighted by Crippen LogP contribution is 2.23. The van der Waals surface area contributed by atoms with Gasteiger partial charge >= 0.3 is 5.97 Å². The molecule has 1 heterocycles. The smallest absolute Gasteiger partial charge is 0.305 e. The summed E-state index contributed by atoms with van der Waals surface area (Å²) in [5.41, 5.74) is -0.438. The summed E-state index contributed by atoms with van der Waals surface area (Å²) in [6.45, 7) is 3.41. The standard InChI is InChI=1S/C16H17N3O6/c1-9(2)18(6-5-15(21)22)16(23)12-8-14(20)17-13-4-3-10(19(24)25)7-11(12)13/h3-4,7-9H,5-6H2,1-2H3,(H,17,20)(H,21,22). The molecule has 2 N–H and O–H groups in total. The fourth-order valence-electron chi connectivity index (χ4n) is 2.50. The highest BCUT2D eigenvalue weighted by atomic mass is 16.6. The second-order valence-electron chi connectivity index (χ2n) is 5.77. The van der Waals surface area contributed by atoms with Crippen molar-refractivity contribution in [3.8, 4) is 0 Å². The average Bonchev–Trinajstić information content (AvgIpc) is 2.52. The normalized spacial score (nSPS) is 10.8. The van der Waals surface area contributed by atoms with Gasteiger partial charge in [0.15, 0.2) is 0 Å². The second kappa shape index (κ2) is 7.12. The number of nitrogens with zero attached hydrogens (tertiary/aromatic N) is 2. The number of aromatic amines is 1. The molecule has 0 aliphatic rings. The molecule has 0 aliphatic heterocycles. The summed E-state index contributed by atoms with van der Waals surface area (Å²) in [6.07, 6.45) is -0.245. The fraction of sp³-hybridized carbons (Fsp3) is 0.312. The number of aliphatic carboxylic acids is 1. The first-order valence-corrected chi connectivity index (χ1v) is 7.55. The Kier molecular flexibility index (Phi) is 5.16. The van der Waals surface area contributed by atoms with Crippen LogP contribution in [0.2, 0.25) is 0 Å². The highest BCUT2D eigenvalue weighted by Gasteiger charge is 2.23. The number of H-pyrrole nitrogens is 1. The quantitative estimate of drug-likeness (QED) is 0.604. The lowest BCUT2D eigenvalue weighted by molar-refractivity contribution is -0.384. The van der Waals surface area contributed by atoms with Crippen LogP contribution in [0.25, 0.3) is 10.9 Å². The van der Waals surface area contributed by atoms with Crippen LogP contribution in [0, 0.1) is 10.1 Å². The zero-order chi connectivity index (χ0) is 18.7. The van der Waals surface area contributed by atoms with E-state index in [1.54, 1.807) is 13.8 Å². The molecule has 2 rings (SSSR count). The van der Waals surface area contributed by atoms with Gasteiger partial charge in [-0.15, -0.1) is 0 Å². The average molecular weight is 347 g/mol. The van der Waals surface area contributed by atoms with E-state index in [2.05, 4.69) is 4.98 Å². The summed E-state index contributed by atoms with van der Waals surface area (Å²) in [5, 5.41) is 20.1. The molecule has 132 valence electrons. The zero-order valence-electron chi connectivity index (χ0n) is 13.7. The predicted molar refractivity (Wildman–Crippen MR) is 89.6 cm³/mol. The van der Waals surface area contributed by atoms with Gasteiger partial charge in [0.05, 0.1) is 16.9 Å². The number of hydrogen-bond donors (Lipinski definition) is 2. The molecule has 9 heteroatoms. The Balaban J connectivity index is 2.58. The van der Waals surface area contributed by atoms with Gasteiger partial charge in [0.25, 0.3) is 11.6 Å². The van der Waals surface area contributed by atoms with Crippen molar-refractivity contribution in [2.45, 2.75) is 26.3 Å². The summed E-state index contributed by atoms with van der Waals surface area (Å²) >= 11 is 0. The topological polar surface area (TPSA) is 134 Å². The first-order chi connectivity index (χ1) is 11.7. The number of nitro benzene ring substituents is 1. The molecule has 0 bridgehead atoms. The summed E-state index contributed by atoms with van der Waals surface area (Å²) in [5.74, 6) is -1.60. The van der Waals surface area contributed by atoms with E-state index >= 15 is 0 Å². The van der Waals surface area contributed by atoms with Crippen LogP contribution in [0.1, 0.15) is 30.6 Å². The number of fused-ring (bicyclic) bond motifs is 1. The van der Waals surface area contributed by atoms with E-state index in [0.717, 1.165) is 6.07 Å². The van der Waals surface area contributed by atoms with E-state index in [1.165, 1.54) is 23.1 Å². The first-order valence-electron chi connectivity index (χ1n) is 7.55. The number of carboxylic acid groups (broad SMARTS) is 1. The molecular weight excluding hydrogens is 330 g/mol. The van der Waals surface area contributed by atoms with Crippen LogP contribution in [0.5, 0.6) is 0 Å². The first kappa shape index (κ1) is 18.1.